The van der Waals surface area contributed by atoms with Crippen molar-refractivity contribution in [3.05, 3.63) is 42.2 Å². The molecular formula is C18H18N8. The number of anilines is 1. The van der Waals surface area contributed by atoms with E-state index in [2.05, 4.69) is 42.0 Å². The summed E-state index contributed by atoms with van der Waals surface area (Å²) < 4.78 is 1.74. The van der Waals surface area contributed by atoms with Gasteiger partial charge in [0.05, 0.1) is 17.4 Å². The van der Waals surface area contributed by atoms with Crippen LogP contribution in [0.15, 0.2) is 36.5 Å². The van der Waals surface area contributed by atoms with Gasteiger partial charge in [0.1, 0.15) is 0 Å². The van der Waals surface area contributed by atoms with Crippen LogP contribution in [0, 0.1) is 6.92 Å². The Bertz CT molecular complexity index is 1100. The third-order valence-corrected chi connectivity index (χ3v) is 4.64. The first-order valence-electron chi connectivity index (χ1n) is 8.70. The molecule has 8 nitrogen and oxygen atoms in total. The summed E-state index contributed by atoms with van der Waals surface area (Å²) in [7, 11) is 0. The second-order valence-electron chi connectivity index (χ2n) is 6.57. The Morgan fingerprint density at radius 2 is 2.12 bits per heavy atom. The third-order valence-electron chi connectivity index (χ3n) is 4.64. The number of nitrogens with zero attached hydrogens (tertiary/aromatic N) is 6. The normalized spacial score (nSPS) is 17.2. The largest absolute Gasteiger partial charge is 0.350 e. The van der Waals surface area contributed by atoms with E-state index in [-0.39, 0.29) is 0 Å². The van der Waals surface area contributed by atoms with E-state index in [4.69, 9.17) is 0 Å². The Labute approximate surface area is 149 Å². The average molecular weight is 346 g/mol. The van der Waals surface area contributed by atoms with E-state index in [0.717, 1.165) is 41.8 Å². The van der Waals surface area contributed by atoms with Crippen LogP contribution in [-0.2, 0) is 0 Å². The molecule has 2 N–H and O–H groups in total. The molecule has 4 heterocycles. The minimum absolute atomic E-state index is 0.353. The van der Waals surface area contributed by atoms with Crippen molar-refractivity contribution < 1.29 is 0 Å². The predicted molar refractivity (Wildman–Crippen MR) is 99.4 cm³/mol. The van der Waals surface area contributed by atoms with Gasteiger partial charge in [0, 0.05) is 23.7 Å². The molecule has 1 aromatic carbocycles. The maximum Gasteiger partial charge on any atom is 0.225 e. The fourth-order valence-electron chi connectivity index (χ4n) is 3.28. The standard InChI is InChI=1S/C18H18N8/c1-11-2-3-12-8-14(4-5-15(12)21-11)26-17-16(24-25-26)10-20-18(23-17)22-13-6-7-19-9-13/h2-5,8,10,13,19H,6-7,9H2,1H3,(H,20,22,23). The highest BCUT2D eigenvalue weighted by molar-refractivity contribution is 5.82. The summed E-state index contributed by atoms with van der Waals surface area (Å²) in [5, 5.41) is 16.2. The number of aryl methyl sites for hydroxylation is 1. The summed E-state index contributed by atoms with van der Waals surface area (Å²) in [4.78, 5) is 13.5. The van der Waals surface area contributed by atoms with Gasteiger partial charge in [-0.05, 0) is 44.2 Å². The smallest absolute Gasteiger partial charge is 0.225 e. The Hall–Kier alpha value is -3.13. The SMILES string of the molecule is Cc1ccc2cc(-n3nnc4cnc(NC5CCNC5)nc43)ccc2n1. The molecule has 1 aliphatic heterocycles. The number of aromatic nitrogens is 6. The second-order valence-corrected chi connectivity index (χ2v) is 6.57. The van der Waals surface area contributed by atoms with Crippen LogP contribution in [-0.4, -0.2) is 49.1 Å². The van der Waals surface area contributed by atoms with Crippen LogP contribution in [0.2, 0.25) is 0 Å². The summed E-state index contributed by atoms with van der Waals surface area (Å²) in [5.41, 5.74) is 4.22. The molecule has 0 saturated carbocycles. The fourth-order valence-corrected chi connectivity index (χ4v) is 3.28. The van der Waals surface area contributed by atoms with Crippen LogP contribution in [0.3, 0.4) is 0 Å². The first kappa shape index (κ1) is 15.2. The number of benzene rings is 1. The average Bonchev–Trinajstić information content (AvgIpc) is 3.31. The molecule has 0 amide bonds. The molecule has 8 heteroatoms. The number of fused-ring (bicyclic) bond motifs is 2. The fraction of sp³-hybridized carbons (Fsp3) is 0.278. The van der Waals surface area contributed by atoms with Crippen molar-refractivity contribution in [1.82, 2.24) is 35.3 Å². The van der Waals surface area contributed by atoms with Crippen LogP contribution < -0.4 is 10.6 Å². The molecule has 1 atom stereocenters. The van der Waals surface area contributed by atoms with Gasteiger partial charge in [-0.25, -0.2) is 4.98 Å². The van der Waals surface area contributed by atoms with Crippen LogP contribution >= 0.6 is 0 Å². The van der Waals surface area contributed by atoms with Crippen LogP contribution in [0.25, 0.3) is 27.8 Å². The van der Waals surface area contributed by atoms with Crippen molar-refractivity contribution in [2.24, 2.45) is 0 Å². The van der Waals surface area contributed by atoms with Crippen LogP contribution in [0.1, 0.15) is 12.1 Å². The van der Waals surface area contributed by atoms with E-state index < -0.39 is 0 Å². The molecule has 130 valence electrons. The molecule has 1 fully saturated rings. The minimum Gasteiger partial charge on any atom is -0.350 e. The van der Waals surface area contributed by atoms with Crippen molar-refractivity contribution in [2.75, 3.05) is 18.4 Å². The van der Waals surface area contributed by atoms with Gasteiger partial charge in [-0.1, -0.05) is 11.3 Å². The Morgan fingerprint density at radius 3 is 3.00 bits per heavy atom. The lowest BCUT2D eigenvalue weighted by atomic mass is 10.2. The number of nitrogens with one attached hydrogen (secondary N) is 2. The van der Waals surface area contributed by atoms with Gasteiger partial charge in [-0.2, -0.15) is 9.67 Å². The first-order chi connectivity index (χ1) is 12.8. The first-order valence-corrected chi connectivity index (χ1v) is 8.70. The number of hydrogen-bond acceptors (Lipinski definition) is 7. The van der Waals surface area contributed by atoms with Crippen molar-refractivity contribution in [3.8, 4) is 5.69 Å². The van der Waals surface area contributed by atoms with Crippen molar-refractivity contribution >= 4 is 28.0 Å². The van der Waals surface area contributed by atoms with E-state index in [1.807, 2.05) is 31.2 Å². The highest BCUT2D eigenvalue weighted by atomic mass is 15.4. The van der Waals surface area contributed by atoms with Gasteiger partial charge in [0.15, 0.2) is 11.2 Å². The molecule has 0 radical (unpaired) electrons. The predicted octanol–water partition coefficient (Wildman–Crippen LogP) is 1.84. The molecule has 1 saturated heterocycles. The lowest BCUT2D eigenvalue weighted by Crippen LogP contribution is -2.23. The third kappa shape index (κ3) is 2.64. The molecule has 0 spiro atoms. The molecular weight excluding hydrogens is 328 g/mol. The zero-order chi connectivity index (χ0) is 17.5. The van der Waals surface area contributed by atoms with Gasteiger partial charge in [-0.15, -0.1) is 5.10 Å². The van der Waals surface area contributed by atoms with Crippen molar-refractivity contribution in [3.63, 3.8) is 0 Å². The summed E-state index contributed by atoms with van der Waals surface area (Å²) in [6.07, 6.45) is 2.78. The van der Waals surface area contributed by atoms with Crippen LogP contribution in [0.4, 0.5) is 5.95 Å². The summed E-state index contributed by atoms with van der Waals surface area (Å²) in [6, 6.07) is 10.5. The van der Waals surface area contributed by atoms with E-state index >= 15 is 0 Å². The summed E-state index contributed by atoms with van der Waals surface area (Å²) in [6.45, 7) is 3.93. The molecule has 1 aliphatic rings. The van der Waals surface area contributed by atoms with Gasteiger partial charge in [0.25, 0.3) is 0 Å². The maximum absolute atomic E-state index is 4.64. The maximum atomic E-state index is 4.64. The monoisotopic (exact) mass is 346 g/mol. The summed E-state index contributed by atoms with van der Waals surface area (Å²) >= 11 is 0. The van der Waals surface area contributed by atoms with Gasteiger partial charge < -0.3 is 10.6 Å². The van der Waals surface area contributed by atoms with Gasteiger partial charge in [0.2, 0.25) is 5.95 Å². The van der Waals surface area contributed by atoms with Crippen molar-refractivity contribution in [2.45, 2.75) is 19.4 Å². The number of pyridine rings is 1. The molecule has 5 rings (SSSR count). The molecule has 26 heavy (non-hydrogen) atoms. The van der Waals surface area contributed by atoms with Gasteiger partial charge in [-0.3, -0.25) is 4.98 Å². The molecule has 0 bridgehead atoms. The number of hydrogen-bond donors (Lipinski definition) is 2. The number of rotatable bonds is 3. The molecule has 4 aromatic rings. The highest BCUT2D eigenvalue weighted by Crippen LogP contribution is 2.20. The topological polar surface area (TPSA) is 93.4 Å². The highest BCUT2D eigenvalue weighted by Gasteiger charge is 2.16. The van der Waals surface area contributed by atoms with E-state index in [1.165, 1.54) is 0 Å². The second kappa shape index (κ2) is 5.99. The van der Waals surface area contributed by atoms with Crippen LogP contribution in [0.5, 0.6) is 0 Å². The lowest BCUT2D eigenvalue weighted by Gasteiger charge is -2.10. The Morgan fingerprint density at radius 1 is 1.15 bits per heavy atom. The van der Waals surface area contributed by atoms with Gasteiger partial charge >= 0.3 is 0 Å². The van der Waals surface area contributed by atoms with Crippen molar-refractivity contribution in [1.29, 1.82) is 0 Å². The molecule has 3 aromatic heterocycles. The zero-order valence-corrected chi connectivity index (χ0v) is 14.3. The van der Waals surface area contributed by atoms with E-state index in [9.17, 15) is 0 Å². The Kier molecular flexibility index (Phi) is 3.49. The van der Waals surface area contributed by atoms with E-state index in [0.29, 0.717) is 23.2 Å². The minimum atomic E-state index is 0.353. The molecule has 1 unspecified atom stereocenters. The Balaban J connectivity index is 1.56. The quantitative estimate of drug-likeness (QED) is 0.584. The summed E-state index contributed by atoms with van der Waals surface area (Å²) in [5.74, 6) is 0.604. The lowest BCUT2D eigenvalue weighted by molar-refractivity contribution is 0.779. The molecule has 0 aliphatic carbocycles. The zero-order valence-electron chi connectivity index (χ0n) is 14.3. The van der Waals surface area contributed by atoms with E-state index in [1.54, 1.807) is 10.9 Å².